The second-order valence-corrected chi connectivity index (χ2v) is 6.55. The fourth-order valence-electron chi connectivity index (χ4n) is 2.86. The van der Waals surface area contributed by atoms with Gasteiger partial charge in [-0.05, 0) is 54.1 Å². The number of methoxy groups -OCH3 is 1. The van der Waals surface area contributed by atoms with E-state index in [1.807, 2.05) is 54.6 Å². The summed E-state index contributed by atoms with van der Waals surface area (Å²) >= 11 is 0. The first-order chi connectivity index (χ1) is 15.2. The summed E-state index contributed by atoms with van der Waals surface area (Å²) in [4.78, 5) is 29.0. The van der Waals surface area contributed by atoms with Crippen molar-refractivity contribution in [2.75, 3.05) is 12.4 Å². The highest BCUT2D eigenvalue weighted by atomic mass is 16.5. The summed E-state index contributed by atoms with van der Waals surface area (Å²) < 4.78 is 4.71. The number of carbonyl (C=O) groups is 1. The van der Waals surface area contributed by atoms with Gasteiger partial charge >= 0.3 is 5.97 Å². The van der Waals surface area contributed by atoms with Crippen LogP contribution in [0.5, 0.6) is 0 Å². The van der Waals surface area contributed by atoms with Gasteiger partial charge in [0.15, 0.2) is 0 Å². The molecule has 2 aromatic carbocycles. The third-order valence-electron chi connectivity index (χ3n) is 4.41. The first-order valence-electron chi connectivity index (χ1n) is 9.54. The summed E-state index contributed by atoms with van der Waals surface area (Å²) in [6, 6.07) is 20.3. The highest BCUT2D eigenvalue weighted by Crippen LogP contribution is 2.22. The summed E-state index contributed by atoms with van der Waals surface area (Å²) in [5.74, 6) is 0.123. The van der Waals surface area contributed by atoms with E-state index in [0.29, 0.717) is 11.5 Å². The Morgan fingerprint density at radius 1 is 1.03 bits per heavy atom. The number of hydrogen-bond donors (Lipinski definition) is 1. The maximum absolute atomic E-state index is 11.5. The van der Waals surface area contributed by atoms with Crippen LogP contribution < -0.4 is 5.32 Å². The zero-order valence-electron chi connectivity index (χ0n) is 16.8. The number of carbonyl (C=O) groups excluding carboxylic acids is 1. The SMILES string of the molecule is COC(=O)c1ccc(C=Nc2cccc(Nc3nccc(-c4cccnc4)n3)c2)cc1. The molecule has 0 spiro atoms. The molecule has 1 N–H and O–H groups in total. The van der Waals surface area contributed by atoms with Gasteiger partial charge in [-0.25, -0.2) is 14.8 Å². The number of anilines is 2. The second kappa shape index (κ2) is 9.41. The lowest BCUT2D eigenvalue weighted by atomic mass is 10.1. The zero-order chi connectivity index (χ0) is 21.5. The minimum atomic E-state index is -0.364. The molecule has 7 nitrogen and oxygen atoms in total. The number of hydrogen-bond acceptors (Lipinski definition) is 7. The van der Waals surface area contributed by atoms with E-state index in [1.165, 1.54) is 7.11 Å². The molecular weight excluding hydrogens is 390 g/mol. The van der Waals surface area contributed by atoms with E-state index in [1.54, 1.807) is 36.9 Å². The van der Waals surface area contributed by atoms with Crippen LogP contribution >= 0.6 is 0 Å². The molecule has 7 heteroatoms. The smallest absolute Gasteiger partial charge is 0.337 e. The van der Waals surface area contributed by atoms with Gasteiger partial charge in [0.2, 0.25) is 5.95 Å². The second-order valence-electron chi connectivity index (χ2n) is 6.55. The van der Waals surface area contributed by atoms with Crippen molar-refractivity contribution < 1.29 is 9.53 Å². The quantitative estimate of drug-likeness (QED) is 0.363. The fraction of sp³-hybridized carbons (Fsp3) is 0.0417. The van der Waals surface area contributed by atoms with Crippen molar-refractivity contribution in [1.29, 1.82) is 0 Å². The molecule has 2 aromatic heterocycles. The van der Waals surface area contributed by atoms with Gasteiger partial charge in [0.1, 0.15) is 0 Å². The predicted molar refractivity (Wildman–Crippen MR) is 120 cm³/mol. The van der Waals surface area contributed by atoms with Crippen LogP contribution in [-0.4, -0.2) is 34.2 Å². The van der Waals surface area contributed by atoms with Gasteiger partial charge < -0.3 is 10.1 Å². The number of nitrogens with zero attached hydrogens (tertiary/aromatic N) is 4. The van der Waals surface area contributed by atoms with E-state index >= 15 is 0 Å². The van der Waals surface area contributed by atoms with E-state index in [9.17, 15) is 4.79 Å². The fourth-order valence-corrected chi connectivity index (χ4v) is 2.86. The monoisotopic (exact) mass is 409 g/mol. The van der Waals surface area contributed by atoms with Crippen LogP contribution in [0.2, 0.25) is 0 Å². The van der Waals surface area contributed by atoms with E-state index in [-0.39, 0.29) is 5.97 Å². The highest BCUT2D eigenvalue weighted by Gasteiger charge is 2.05. The van der Waals surface area contributed by atoms with E-state index in [2.05, 4.69) is 25.3 Å². The Hall–Kier alpha value is -4.39. The number of aliphatic imine (C=N–C) groups is 1. The zero-order valence-corrected chi connectivity index (χ0v) is 16.8. The van der Waals surface area contributed by atoms with Crippen molar-refractivity contribution in [1.82, 2.24) is 15.0 Å². The van der Waals surface area contributed by atoms with Crippen LogP contribution in [0.3, 0.4) is 0 Å². The third-order valence-corrected chi connectivity index (χ3v) is 4.41. The van der Waals surface area contributed by atoms with Crippen LogP contribution in [0, 0.1) is 0 Å². The van der Waals surface area contributed by atoms with Gasteiger partial charge in [-0.3, -0.25) is 9.98 Å². The normalized spacial score (nSPS) is 10.7. The Balaban J connectivity index is 1.48. The van der Waals surface area contributed by atoms with Crippen molar-refractivity contribution in [2.24, 2.45) is 4.99 Å². The van der Waals surface area contributed by atoms with Crippen molar-refractivity contribution in [3.63, 3.8) is 0 Å². The number of aromatic nitrogens is 3. The van der Waals surface area contributed by atoms with Crippen molar-refractivity contribution in [3.05, 3.63) is 96.4 Å². The molecule has 2 heterocycles. The highest BCUT2D eigenvalue weighted by molar-refractivity contribution is 5.91. The molecule has 4 aromatic rings. The number of benzene rings is 2. The summed E-state index contributed by atoms with van der Waals surface area (Å²) in [7, 11) is 1.36. The predicted octanol–water partition coefficient (Wildman–Crippen LogP) is 4.82. The topological polar surface area (TPSA) is 89.4 Å². The van der Waals surface area contributed by atoms with E-state index < -0.39 is 0 Å². The molecule has 0 saturated carbocycles. The first-order valence-corrected chi connectivity index (χ1v) is 9.54. The average molecular weight is 409 g/mol. The first kappa shape index (κ1) is 19.9. The lowest BCUT2D eigenvalue weighted by molar-refractivity contribution is 0.0600. The molecule has 0 saturated heterocycles. The van der Waals surface area contributed by atoms with Gasteiger partial charge in [0, 0.05) is 36.1 Å². The lowest BCUT2D eigenvalue weighted by Gasteiger charge is -2.07. The Bertz CT molecular complexity index is 1210. The van der Waals surface area contributed by atoms with Crippen molar-refractivity contribution in [3.8, 4) is 11.3 Å². The summed E-state index contributed by atoms with van der Waals surface area (Å²) in [6.07, 6.45) is 6.93. The van der Waals surface area contributed by atoms with Crippen LogP contribution in [0.15, 0.2) is 90.3 Å². The van der Waals surface area contributed by atoms with Gasteiger partial charge in [0.05, 0.1) is 24.1 Å². The van der Waals surface area contributed by atoms with Gasteiger partial charge in [0.25, 0.3) is 0 Å². The summed E-state index contributed by atoms with van der Waals surface area (Å²) in [6.45, 7) is 0. The minimum Gasteiger partial charge on any atom is -0.465 e. The van der Waals surface area contributed by atoms with E-state index in [4.69, 9.17) is 4.74 Å². The standard InChI is InChI=1S/C24H19N5O2/c1-31-23(30)18-9-7-17(8-10-18)15-27-20-5-2-6-21(14-20)28-24-26-13-11-22(29-24)19-4-3-12-25-16-19/h2-16H,1H3,(H,26,28,29). The number of nitrogens with one attached hydrogen (secondary N) is 1. The van der Waals surface area contributed by atoms with Crippen LogP contribution in [0.1, 0.15) is 15.9 Å². The molecule has 152 valence electrons. The Labute approximate surface area is 179 Å². The molecule has 4 rings (SSSR count). The summed E-state index contributed by atoms with van der Waals surface area (Å²) in [5.41, 5.74) is 4.67. The number of rotatable bonds is 6. The Kier molecular flexibility index (Phi) is 6.04. The van der Waals surface area contributed by atoms with Crippen molar-refractivity contribution >= 4 is 29.5 Å². The largest absolute Gasteiger partial charge is 0.465 e. The Morgan fingerprint density at radius 2 is 1.90 bits per heavy atom. The number of esters is 1. The molecule has 0 amide bonds. The molecule has 0 aliphatic heterocycles. The van der Waals surface area contributed by atoms with Crippen LogP contribution in [-0.2, 0) is 4.74 Å². The molecule has 31 heavy (non-hydrogen) atoms. The summed E-state index contributed by atoms with van der Waals surface area (Å²) in [5, 5.41) is 3.21. The molecule has 0 bridgehead atoms. The molecular formula is C24H19N5O2. The molecule has 0 fully saturated rings. The lowest BCUT2D eigenvalue weighted by Crippen LogP contribution is -2.00. The number of ether oxygens (including phenoxy) is 1. The molecule has 0 aliphatic carbocycles. The minimum absolute atomic E-state index is 0.364. The maximum Gasteiger partial charge on any atom is 0.337 e. The number of pyridine rings is 1. The molecule has 0 radical (unpaired) electrons. The molecule has 0 aliphatic rings. The van der Waals surface area contributed by atoms with E-state index in [0.717, 1.165) is 28.2 Å². The van der Waals surface area contributed by atoms with Gasteiger partial charge in [-0.1, -0.05) is 18.2 Å². The van der Waals surface area contributed by atoms with Gasteiger partial charge in [-0.15, -0.1) is 0 Å². The maximum atomic E-state index is 11.5. The van der Waals surface area contributed by atoms with Crippen LogP contribution in [0.25, 0.3) is 11.3 Å². The van der Waals surface area contributed by atoms with Crippen LogP contribution in [0.4, 0.5) is 17.3 Å². The molecule has 0 unspecified atom stereocenters. The Morgan fingerprint density at radius 3 is 2.68 bits per heavy atom. The molecule has 0 atom stereocenters. The van der Waals surface area contributed by atoms with Crippen molar-refractivity contribution in [2.45, 2.75) is 0 Å². The third kappa shape index (κ3) is 5.16. The average Bonchev–Trinajstić information content (AvgIpc) is 2.83. The van der Waals surface area contributed by atoms with Gasteiger partial charge in [-0.2, -0.15) is 0 Å².